The van der Waals surface area contributed by atoms with Gasteiger partial charge < -0.3 is 4.74 Å². The van der Waals surface area contributed by atoms with E-state index in [2.05, 4.69) is 10.00 Å². The molecule has 1 fully saturated rings. The van der Waals surface area contributed by atoms with Crippen LogP contribution in [0.1, 0.15) is 5.56 Å². The lowest BCUT2D eigenvalue weighted by Crippen LogP contribution is -2.45. The van der Waals surface area contributed by atoms with Crippen LogP contribution in [0.2, 0.25) is 0 Å². The van der Waals surface area contributed by atoms with Gasteiger partial charge in [-0.2, -0.15) is 5.10 Å². The van der Waals surface area contributed by atoms with E-state index in [9.17, 15) is 8.42 Å². The predicted octanol–water partition coefficient (Wildman–Crippen LogP) is 1.37. The largest absolute Gasteiger partial charge is 0.374 e. The summed E-state index contributed by atoms with van der Waals surface area (Å²) in [6.07, 6.45) is 3.85. The molecule has 0 saturated carbocycles. The first-order chi connectivity index (χ1) is 11.5. The molecule has 0 aliphatic carbocycles. The van der Waals surface area contributed by atoms with Crippen molar-refractivity contribution < 1.29 is 13.2 Å². The first kappa shape index (κ1) is 17.1. The number of ether oxygens (including phenoxy) is 1. The van der Waals surface area contributed by atoms with Crippen molar-refractivity contribution in [1.29, 1.82) is 0 Å². The molecule has 0 N–H and O–H groups in total. The van der Waals surface area contributed by atoms with Gasteiger partial charge in [-0.25, -0.2) is 8.42 Å². The number of rotatable bonds is 6. The van der Waals surface area contributed by atoms with Crippen LogP contribution in [-0.4, -0.2) is 61.2 Å². The zero-order valence-corrected chi connectivity index (χ0v) is 14.7. The molecule has 1 aromatic heterocycles. The van der Waals surface area contributed by atoms with Gasteiger partial charge in [0, 0.05) is 25.8 Å². The number of hydrogen-bond acceptors (Lipinski definition) is 5. The minimum absolute atomic E-state index is 0.0393. The topological polar surface area (TPSA) is 64.4 Å². The lowest BCUT2D eigenvalue weighted by Gasteiger charge is -2.32. The van der Waals surface area contributed by atoms with Crippen LogP contribution < -0.4 is 0 Å². The first-order valence-corrected chi connectivity index (χ1v) is 9.79. The number of nitrogens with zero attached hydrogens (tertiary/aromatic N) is 3. The second kappa shape index (κ2) is 7.46. The number of aryl methyl sites for hydroxylation is 1. The van der Waals surface area contributed by atoms with Gasteiger partial charge in [-0.05, 0) is 24.6 Å². The third-order valence-electron chi connectivity index (χ3n) is 4.15. The number of sulfone groups is 1. The van der Waals surface area contributed by atoms with Crippen molar-refractivity contribution in [2.45, 2.75) is 24.5 Å². The van der Waals surface area contributed by atoms with Crippen LogP contribution in [0.25, 0.3) is 0 Å². The minimum Gasteiger partial charge on any atom is -0.374 e. The van der Waals surface area contributed by atoms with Crippen LogP contribution in [-0.2, 0) is 21.1 Å². The number of morpholine rings is 1. The molecular formula is C17H23N3O3S. The molecule has 7 heteroatoms. The molecule has 2 aromatic rings. The van der Waals surface area contributed by atoms with Crippen LogP contribution in [0.15, 0.2) is 47.6 Å². The molecule has 0 amide bonds. The molecule has 1 saturated heterocycles. The molecule has 24 heavy (non-hydrogen) atoms. The van der Waals surface area contributed by atoms with E-state index in [1.807, 2.05) is 30.1 Å². The van der Waals surface area contributed by atoms with E-state index in [4.69, 9.17) is 4.74 Å². The molecule has 0 spiro atoms. The minimum atomic E-state index is -3.23. The van der Waals surface area contributed by atoms with Crippen molar-refractivity contribution in [2.75, 3.05) is 32.0 Å². The van der Waals surface area contributed by atoms with Gasteiger partial charge in [0.15, 0.2) is 9.84 Å². The normalized spacial score (nSPS) is 19.5. The van der Waals surface area contributed by atoms with E-state index >= 15 is 0 Å². The molecular weight excluding hydrogens is 326 g/mol. The zero-order chi connectivity index (χ0) is 17.0. The fourth-order valence-corrected chi connectivity index (χ4v) is 4.17. The molecule has 1 aliphatic rings. The second-order valence-corrected chi connectivity index (χ2v) is 8.27. The Labute approximate surface area is 143 Å². The summed E-state index contributed by atoms with van der Waals surface area (Å²) in [5.74, 6) is 0.130. The van der Waals surface area contributed by atoms with Gasteiger partial charge in [0.05, 0.1) is 36.1 Å². The van der Waals surface area contributed by atoms with Gasteiger partial charge >= 0.3 is 0 Å². The number of benzene rings is 1. The molecule has 0 bridgehead atoms. The maximum atomic E-state index is 12.4. The van der Waals surface area contributed by atoms with Gasteiger partial charge in [-0.15, -0.1) is 0 Å². The van der Waals surface area contributed by atoms with Crippen molar-refractivity contribution in [1.82, 2.24) is 14.7 Å². The summed E-state index contributed by atoms with van der Waals surface area (Å²) in [6, 6.07) is 8.63. The molecule has 0 radical (unpaired) electrons. The number of aromatic nitrogens is 2. The van der Waals surface area contributed by atoms with Gasteiger partial charge in [-0.1, -0.05) is 18.2 Å². The Morgan fingerprint density at radius 1 is 1.29 bits per heavy atom. The van der Waals surface area contributed by atoms with Gasteiger partial charge in [-0.3, -0.25) is 9.58 Å². The van der Waals surface area contributed by atoms with E-state index in [0.29, 0.717) is 24.6 Å². The predicted molar refractivity (Wildman–Crippen MR) is 91.6 cm³/mol. The SMILES string of the molecule is Cc1cnn(CC2CN(CCS(=O)(=O)c3ccccc3)CCO2)c1. The Morgan fingerprint density at radius 2 is 2.08 bits per heavy atom. The lowest BCUT2D eigenvalue weighted by molar-refractivity contribution is -0.0355. The third kappa shape index (κ3) is 4.43. The average Bonchev–Trinajstić information content (AvgIpc) is 2.99. The second-order valence-electron chi connectivity index (χ2n) is 6.17. The molecule has 1 unspecified atom stereocenters. The highest BCUT2D eigenvalue weighted by atomic mass is 32.2. The fourth-order valence-electron chi connectivity index (χ4n) is 2.86. The summed E-state index contributed by atoms with van der Waals surface area (Å²) in [5, 5.41) is 4.28. The lowest BCUT2D eigenvalue weighted by atomic mass is 10.2. The molecule has 1 aromatic carbocycles. The standard InChI is InChI=1S/C17H23N3O3S/c1-15-11-18-20(12-15)14-16-13-19(7-9-23-16)8-10-24(21,22)17-5-3-2-4-6-17/h2-6,11-12,16H,7-10,13-14H2,1H3. The highest BCUT2D eigenvalue weighted by Gasteiger charge is 2.23. The summed E-state index contributed by atoms with van der Waals surface area (Å²) in [7, 11) is -3.23. The van der Waals surface area contributed by atoms with Crippen LogP contribution in [0.3, 0.4) is 0 Å². The summed E-state index contributed by atoms with van der Waals surface area (Å²) in [5.41, 5.74) is 1.12. The summed E-state index contributed by atoms with van der Waals surface area (Å²) < 4.78 is 32.4. The smallest absolute Gasteiger partial charge is 0.179 e. The van der Waals surface area contributed by atoms with Gasteiger partial charge in [0.25, 0.3) is 0 Å². The maximum absolute atomic E-state index is 12.4. The fraction of sp³-hybridized carbons (Fsp3) is 0.471. The average molecular weight is 349 g/mol. The summed E-state index contributed by atoms with van der Waals surface area (Å²) in [4.78, 5) is 2.55. The van der Waals surface area contributed by atoms with E-state index < -0.39 is 9.84 Å². The van der Waals surface area contributed by atoms with Crippen LogP contribution in [0.5, 0.6) is 0 Å². The Kier molecular flexibility index (Phi) is 5.33. The molecule has 2 heterocycles. The Bertz CT molecular complexity index is 758. The summed E-state index contributed by atoms with van der Waals surface area (Å²) in [6.45, 7) is 5.33. The van der Waals surface area contributed by atoms with E-state index in [1.165, 1.54) is 0 Å². The zero-order valence-electron chi connectivity index (χ0n) is 13.8. The highest BCUT2D eigenvalue weighted by molar-refractivity contribution is 7.91. The Hall–Kier alpha value is -1.70. The van der Waals surface area contributed by atoms with Crippen LogP contribution >= 0.6 is 0 Å². The molecule has 1 aliphatic heterocycles. The van der Waals surface area contributed by atoms with Crippen molar-refractivity contribution in [3.63, 3.8) is 0 Å². The molecule has 6 nitrogen and oxygen atoms in total. The molecule has 130 valence electrons. The van der Waals surface area contributed by atoms with E-state index in [0.717, 1.165) is 18.7 Å². The van der Waals surface area contributed by atoms with Crippen LogP contribution in [0.4, 0.5) is 0 Å². The quantitative estimate of drug-likeness (QED) is 0.788. The Morgan fingerprint density at radius 3 is 2.79 bits per heavy atom. The highest BCUT2D eigenvalue weighted by Crippen LogP contribution is 2.12. The van der Waals surface area contributed by atoms with E-state index in [1.54, 1.807) is 24.3 Å². The van der Waals surface area contributed by atoms with Gasteiger partial charge in [0.1, 0.15) is 0 Å². The molecule has 3 rings (SSSR count). The van der Waals surface area contributed by atoms with E-state index in [-0.39, 0.29) is 11.9 Å². The first-order valence-electron chi connectivity index (χ1n) is 8.14. The van der Waals surface area contributed by atoms with Gasteiger partial charge in [0.2, 0.25) is 0 Å². The van der Waals surface area contributed by atoms with Crippen molar-refractivity contribution in [3.8, 4) is 0 Å². The number of hydrogen-bond donors (Lipinski definition) is 0. The van der Waals surface area contributed by atoms with Crippen molar-refractivity contribution in [3.05, 3.63) is 48.3 Å². The third-order valence-corrected chi connectivity index (χ3v) is 5.86. The Balaban J connectivity index is 1.54. The van der Waals surface area contributed by atoms with Crippen molar-refractivity contribution >= 4 is 9.84 Å². The maximum Gasteiger partial charge on any atom is 0.179 e. The molecule has 1 atom stereocenters. The van der Waals surface area contributed by atoms with Crippen molar-refractivity contribution in [2.24, 2.45) is 0 Å². The monoisotopic (exact) mass is 349 g/mol. The summed E-state index contributed by atoms with van der Waals surface area (Å²) >= 11 is 0. The van der Waals surface area contributed by atoms with Crippen LogP contribution in [0, 0.1) is 6.92 Å².